The standard InChI is InChI=1S/C17H15FN2O3/c1-23-15-4-2-3-14(11-15)20-17(22)10-9-16(21)19-13-7-5-12(18)6-8-13/h2-11H,1H3,(H,19,21)(H,20,22). The average Bonchev–Trinajstić information content (AvgIpc) is 2.55. The highest BCUT2D eigenvalue weighted by molar-refractivity contribution is 6.06. The van der Waals surface area contributed by atoms with Crippen molar-refractivity contribution in [3.63, 3.8) is 0 Å². The number of ether oxygens (including phenoxy) is 1. The number of nitrogens with one attached hydrogen (secondary N) is 2. The number of hydrogen-bond donors (Lipinski definition) is 2. The third-order valence-corrected chi connectivity index (χ3v) is 2.84. The number of methoxy groups -OCH3 is 1. The molecule has 0 atom stereocenters. The maximum absolute atomic E-state index is 12.8. The molecule has 23 heavy (non-hydrogen) atoms. The zero-order valence-corrected chi connectivity index (χ0v) is 12.4. The fourth-order valence-corrected chi connectivity index (χ4v) is 1.75. The van der Waals surface area contributed by atoms with E-state index >= 15 is 0 Å². The van der Waals surface area contributed by atoms with E-state index in [2.05, 4.69) is 10.6 Å². The minimum Gasteiger partial charge on any atom is -0.497 e. The zero-order valence-electron chi connectivity index (χ0n) is 12.4. The van der Waals surface area contributed by atoms with E-state index in [4.69, 9.17) is 4.74 Å². The Morgan fingerprint density at radius 1 is 0.957 bits per heavy atom. The number of halogens is 1. The summed E-state index contributed by atoms with van der Waals surface area (Å²) in [6.07, 6.45) is 2.21. The summed E-state index contributed by atoms with van der Waals surface area (Å²) in [5.41, 5.74) is 0.993. The molecule has 2 aromatic carbocycles. The monoisotopic (exact) mass is 314 g/mol. The number of hydrogen-bond acceptors (Lipinski definition) is 3. The van der Waals surface area contributed by atoms with Crippen molar-refractivity contribution in [1.82, 2.24) is 0 Å². The lowest BCUT2D eigenvalue weighted by atomic mass is 10.3. The Kier molecular flexibility index (Phi) is 5.46. The van der Waals surface area contributed by atoms with Gasteiger partial charge in [0.15, 0.2) is 0 Å². The number of anilines is 2. The largest absolute Gasteiger partial charge is 0.497 e. The van der Waals surface area contributed by atoms with E-state index < -0.39 is 17.6 Å². The van der Waals surface area contributed by atoms with Crippen LogP contribution in [0, 0.1) is 5.82 Å². The summed E-state index contributed by atoms with van der Waals surface area (Å²) in [4.78, 5) is 23.4. The van der Waals surface area contributed by atoms with Crippen LogP contribution in [-0.4, -0.2) is 18.9 Å². The van der Waals surface area contributed by atoms with E-state index in [1.54, 1.807) is 24.3 Å². The minimum absolute atomic E-state index is 0.392. The highest BCUT2D eigenvalue weighted by Gasteiger charge is 2.02. The van der Waals surface area contributed by atoms with Crippen LogP contribution in [0.2, 0.25) is 0 Å². The van der Waals surface area contributed by atoms with E-state index in [1.807, 2.05) is 0 Å². The van der Waals surface area contributed by atoms with Crippen LogP contribution < -0.4 is 15.4 Å². The Bertz CT molecular complexity index is 727. The minimum atomic E-state index is -0.489. The van der Waals surface area contributed by atoms with Crippen molar-refractivity contribution in [3.8, 4) is 5.75 Å². The highest BCUT2D eigenvalue weighted by atomic mass is 19.1. The molecule has 0 aliphatic heterocycles. The summed E-state index contributed by atoms with van der Waals surface area (Å²) in [7, 11) is 1.53. The van der Waals surface area contributed by atoms with Gasteiger partial charge in [0.2, 0.25) is 11.8 Å². The van der Waals surface area contributed by atoms with Gasteiger partial charge >= 0.3 is 0 Å². The van der Waals surface area contributed by atoms with Crippen molar-refractivity contribution < 1.29 is 18.7 Å². The molecule has 0 bridgehead atoms. The van der Waals surface area contributed by atoms with Crippen LogP contribution in [0.1, 0.15) is 0 Å². The Balaban J connectivity index is 1.89. The Labute approximate surface area is 132 Å². The first-order valence-electron chi connectivity index (χ1n) is 6.76. The smallest absolute Gasteiger partial charge is 0.248 e. The number of amides is 2. The second-order valence-corrected chi connectivity index (χ2v) is 4.55. The van der Waals surface area contributed by atoms with Crippen LogP contribution in [0.3, 0.4) is 0 Å². The van der Waals surface area contributed by atoms with Gasteiger partial charge in [-0.1, -0.05) is 6.07 Å². The topological polar surface area (TPSA) is 67.4 Å². The third kappa shape index (κ3) is 5.28. The second-order valence-electron chi connectivity index (χ2n) is 4.55. The number of rotatable bonds is 5. The van der Waals surface area contributed by atoms with E-state index in [9.17, 15) is 14.0 Å². The van der Waals surface area contributed by atoms with Gasteiger partial charge in [0, 0.05) is 29.6 Å². The second kappa shape index (κ2) is 7.74. The molecule has 118 valence electrons. The van der Waals surface area contributed by atoms with Crippen LogP contribution in [0.25, 0.3) is 0 Å². The van der Waals surface area contributed by atoms with Crippen LogP contribution in [-0.2, 0) is 9.59 Å². The lowest BCUT2D eigenvalue weighted by Gasteiger charge is -2.04. The molecule has 2 rings (SSSR count). The van der Waals surface area contributed by atoms with Gasteiger partial charge < -0.3 is 15.4 Å². The van der Waals surface area contributed by atoms with Gasteiger partial charge in [-0.3, -0.25) is 9.59 Å². The molecule has 5 nitrogen and oxygen atoms in total. The van der Waals surface area contributed by atoms with Crippen molar-refractivity contribution >= 4 is 23.2 Å². The quantitative estimate of drug-likeness (QED) is 0.834. The van der Waals surface area contributed by atoms with Crippen LogP contribution in [0.4, 0.5) is 15.8 Å². The first-order valence-corrected chi connectivity index (χ1v) is 6.76. The van der Waals surface area contributed by atoms with E-state index in [0.29, 0.717) is 17.1 Å². The fraction of sp³-hybridized carbons (Fsp3) is 0.0588. The molecule has 0 unspecified atom stereocenters. The third-order valence-electron chi connectivity index (χ3n) is 2.84. The van der Waals surface area contributed by atoms with Crippen LogP contribution in [0.5, 0.6) is 5.75 Å². The molecule has 0 saturated carbocycles. The molecule has 0 spiro atoms. The highest BCUT2D eigenvalue weighted by Crippen LogP contribution is 2.16. The summed E-state index contributed by atoms with van der Waals surface area (Å²) < 4.78 is 17.8. The summed E-state index contributed by atoms with van der Waals surface area (Å²) >= 11 is 0. The predicted molar refractivity (Wildman–Crippen MR) is 85.8 cm³/mol. The molecule has 0 aliphatic rings. The molecular formula is C17H15FN2O3. The molecule has 0 saturated heterocycles. The molecule has 2 aromatic rings. The molecule has 6 heteroatoms. The molecule has 0 radical (unpaired) electrons. The van der Waals surface area contributed by atoms with Gasteiger partial charge in [-0.05, 0) is 36.4 Å². The van der Waals surface area contributed by atoms with Crippen LogP contribution >= 0.6 is 0 Å². The molecule has 0 fully saturated rings. The van der Waals surface area contributed by atoms with Crippen molar-refractivity contribution in [2.24, 2.45) is 0 Å². The van der Waals surface area contributed by atoms with Crippen LogP contribution in [0.15, 0.2) is 60.7 Å². The number of carbonyl (C=O) groups is 2. The lowest BCUT2D eigenvalue weighted by molar-refractivity contribution is -0.114. The Morgan fingerprint density at radius 2 is 1.57 bits per heavy atom. The summed E-state index contributed by atoms with van der Waals surface area (Å²) in [5, 5.41) is 5.12. The molecular weight excluding hydrogens is 299 g/mol. The summed E-state index contributed by atoms with van der Waals surface area (Å²) in [5.74, 6) is -0.720. The molecule has 2 N–H and O–H groups in total. The van der Waals surface area contributed by atoms with E-state index in [-0.39, 0.29) is 0 Å². The van der Waals surface area contributed by atoms with E-state index in [0.717, 1.165) is 12.2 Å². The zero-order chi connectivity index (χ0) is 16.7. The maximum Gasteiger partial charge on any atom is 0.248 e. The first-order chi connectivity index (χ1) is 11.1. The number of carbonyl (C=O) groups excluding carboxylic acids is 2. The normalized spacial score (nSPS) is 10.3. The average molecular weight is 314 g/mol. The van der Waals surface area contributed by atoms with Gasteiger partial charge in [-0.25, -0.2) is 4.39 Å². The Hall–Kier alpha value is -3.15. The Morgan fingerprint density at radius 3 is 2.17 bits per heavy atom. The first kappa shape index (κ1) is 16.2. The molecule has 0 heterocycles. The van der Waals surface area contributed by atoms with Crippen molar-refractivity contribution in [2.45, 2.75) is 0 Å². The van der Waals surface area contributed by atoms with Gasteiger partial charge in [-0.2, -0.15) is 0 Å². The van der Waals surface area contributed by atoms with Gasteiger partial charge in [0.1, 0.15) is 11.6 Å². The SMILES string of the molecule is COc1cccc(NC(=O)C=CC(=O)Nc2ccc(F)cc2)c1. The number of benzene rings is 2. The maximum atomic E-state index is 12.8. The van der Waals surface area contributed by atoms with Gasteiger partial charge in [0.05, 0.1) is 7.11 Å². The van der Waals surface area contributed by atoms with Crippen molar-refractivity contribution in [2.75, 3.05) is 17.7 Å². The summed E-state index contributed by atoms with van der Waals surface area (Å²) in [6.45, 7) is 0. The van der Waals surface area contributed by atoms with Crippen molar-refractivity contribution in [1.29, 1.82) is 0 Å². The van der Waals surface area contributed by atoms with Gasteiger partial charge in [0.25, 0.3) is 0 Å². The van der Waals surface area contributed by atoms with E-state index in [1.165, 1.54) is 31.4 Å². The fourth-order valence-electron chi connectivity index (χ4n) is 1.75. The molecule has 0 aromatic heterocycles. The predicted octanol–water partition coefficient (Wildman–Crippen LogP) is 2.97. The lowest BCUT2D eigenvalue weighted by Crippen LogP contribution is -2.12. The van der Waals surface area contributed by atoms with Crippen molar-refractivity contribution in [3.05, 3.63) is 66.5 Å². The molecule has 2 amide bonds. The summed E-state index contributed by atoms with van der Waals surface area (Å²) in [6, 6.07) is 12.2. The van der Waals surface area contributed by atoms with Gasteiger partial charge in [-0.15, -0.1) is 0 Å². The molecule has 0 aliphatic carbocycles.